The van der Waals surface area contributed by atoms with Crippen LogP contribution >= 0.6 is 0 Å². The van der Waals surface area contributed by atoms with Crippen molar-refractivity contribution in [2.24, 2.45) is 11.3 Å². The predicted octanol–water partition coefficient (Wildman–Crippen LogP) is 3.96. The van der Waals surface area contributed by atoms with Crippen LogP contribution in [-0.4, -0.2) is 44.4 Å². The summed E-state index contributed by atoms with van der Waals surface area (Å²) in [4.78, 5) is 16.7. The molecular formula is C27H33NO4. The number of ketones is 1. The van der Waals surface area contributed by atoms with Gasteiger partial charge in [0.05, 0.1) is 17.3 Å². The minimum Gasteiger partial charge on any atom is -0.387 e. The van der Waals surface area contributed by atoms with Crippen molar-refractivity contribution in [1.29, 1.82) is 0 Å². The van der Waals surface area contributed by atoms with E-state index in [9.17, 15) is 15.0 Å². The lowest BCUT2D eigenvalue weighted by Crippen LogP contribution is -2.68. The van der Waals surface area contributed by atoms with Gasteiger partial charge in [-0.15, -0.1) is 0 Å². The smallest absolute Gasteiger partial charge is 0.187 e. The molecule has 2 saturated carbocycles. The van der Waals surface area contributed by atoms with Crippen molar-refractivity contribution in [2.75, 3.05) is 0 Å². The second-order valence-corrected chi connectivity index (χ2v) is 11.6. The number of benzene rings is 1. The van der Waals surface area contributed by atoms with E-state index in [1.165, 1.54) is 16.6 Å². The van der Waals surface area contributed by atoms with Crippen LogP contribution in [0.3, 0.4) is 0 Å². The zero-order valence-electron chi connectivity index (χ0n) is 19.4. The Morgan fingerprint density at radius 3 is 2.66 bits per heavy atom. The Labute approximate surface area is 188 Å². The first-order chi connectivity index (χ1) is 15.0. The quantitative estimate of drug-likeness (QED) is 0.633. The van der Waals surface area contributed by atoms with Crippen molar-refractivity contribution >= 4 is 16.7 Å². The first-order valence-electron chi connectivity index (χ1n) is 12.0. The molecule has 1 aromatic carbocycles. The average Bonchev–Trinajstić information content (AvgIpc) is 3.24. The highest BCUT2D eigenvalue weighted by molar-refractivity contribution is 5.96. The molecule has 3 N–H and O–H groups in total. The Hall–Kier alpha value is -1.95. The lowest BCUT2D eigenvalue weighted by Gasteiger charge is -2.64. The van der Waals surface area contributed by atoms with Crippen LogP contribution < -0.4 is 0 Å². The number of carbonyl (C=O) groups excluding carboxylic acids is 1. The molecule has 1 aliphatic heterocycles. The second-order valence-electron chi connectivity index (χ2n) is 11.6. The number of carbonyl (C=O) groups is 1. The lowest BCUT2D eigenvalue weighted by molar-refractivity contribution is -0.195. The largest absolute Gasteiger partial charge is 0.387 e. The molecule has 6 atom stereocenters. The van der Waals surface area contributed by atoms with Gasteiger partial charge in [-0.05, 0) is 75.1 Å². The number of nitrogens with one attached hydrogen (secondary N) is 1. The fourth-order valence-corrected chi connectivity index (χ4v) is 7.82. The van der Waals surface area contributed by atoms with Gasteiger partial charge in [0.1, 0.15) is 6.10 Å². The van der Waals surface area contributed by atoms with Crippen molar-refractivity contribution in [2.45, 2.75) is 88.6 Å². The highest BCUT2D eigenvalue weighted by Crippen LogP contribution is 2.69. The number of aliphatic hydroxyl groups is 2. The predicted molar refractivity (Wildman–Crippen MR) is 122 cm³/mol. The second kappa shape index (κ2) is 6.13. The van der Waals surface area contributed by atoms with Gasteiger partial charge in [0.15, 0.2) is 5.78 Å². The third-order valence-electron chi connectivity index (χ3n) is 9.74. The number of hydrogen-bond acceptors (Lipinski definition) is 4. The van der Waals surface area contributed by atoms with Gasteiger partial charge in [-0.25, -0.2) is 0 Å². The number of ether oxygens (including phenoxy) is 1. The van der Waals surface area contributed by atoms with Crippen LogP contribution in [0.25, 0.3) is 10.9 Å². The minimum atomic E-state index is -1.25. The van der Waals surface area contributed by atoms with Crippen LogP contribution in [0.4, 0.5) is 0 Å². The molecule has 2 aromatic rings. The molecule has 5 heteroatoms. The molecule has 0 amide bonds. The summed E-state index contributed by atoms with van der Waals surface area (Å²) in [7, 11) is 0. The molecule has 0 radical (unpaired) electrons. The summed E-state index contributed by atoms with van der Waals surface area (Å²) in [5.41, 5.74) is 1.53. The van der Waals surface area contributed by atoms with Gasteiger partial charge >= 0.3 is 0 Å². The summed E-state index contributed by atoms with van der Waals surface area (Å²) in [6.07, 6.45) is 4.51. The number of fused-ring (bicyclic) bond motifs is 9. The summed E-state index contributed by atoms with van der Waals surface area (Å²) in [6, 6.07) is 8.49. The first-order valence-corrected chi connectivity index (χ1v) is 12.0. The standard InChI is InChI=1S/C27H33NO4/c1-24(2,30)23-20(29)14-18-21(32-23)10-11-25(3)26(4)15(9-12-27(18,25)31)13-17-16-7-5-6-8-19(16)28-22(17)26/h5-8,14-15,21,23,28,30-31H,9-13H2,1-4H3/t15-,21+,23+,25+,26-,27-/m0/s1. The Bertz CT molecular complexity index is 1170. The van der Waals surface area contributed by atoms with Gasteiger partial charge in [-0.2, -0.15) is 0 Å². The molecule has 1 aromatic heterocycles. The van der Waals surface area contributed by atoms with Crippen LogP contribution in [0, 0.1) is 11.3 Å². The molecule has 0 saturated heterocycles. The third kappa shape index (κ3) is 2.27. The topological polar surface area (TPSA) is 82.5 Å². The van der Waals surface area contributed by atoms with Gasteiger partial charge in [0.2, 0.25) is 0 Å². The van der Waals surface area contributed by atoms with Crippen LogP contribution in [0.1, 0.15) is 64.6 Å². The molecule has 5 nitrogen and oxygen atoms in total. The van der Waals surface area contributed by atoms with Crippen LogP contribution in [0.2, 0.25) is 0 Å². The fraction of sp³-hybridized carbons (Fsp3) is 0.593. The number of H-pyrrole nitrogens is 1. The van der Waals surface area contributed by atoms with Crippen LogP contribution in [-0.2, 0) is 21.4 Å². The van der Waals surface area contributed by atoms with Gasteiger partial charge in [-0.3, -0.25) is 4.79 Å². The fourth-order valence-electron chi connectivity index (χ4n) is 7.82. The monoisotopic (exact) mass is 435 g/mol. The molecule has 2 heterocycles. The number of aromatic nitrogens is 1. The average molecular weight is 436 g/mol. The number of hydrogen-bond donors (Lipinski definition) is 3. The molecule has 0 unspecified atom stereocenters. The van der Waals surface area contributed by atoms with E-state index in [1.54, 1.807) is 19.9 Å². The molecule has 4 aliphatic rings. The van der Waals surface area contributed by atoms with Crippen LogP contribution in [0.5, 0.6) is 0 Å². The maximum Gasteiger partial charge on any atom is 0.187 e. The SMILES string of the molecule is CC(C)(O)[C@@H]1O[C@@H]2CC[C@@]3(C)[C@](O)(CC[C@H]4Cc5c([nH]c6ccccc56)[C@]43C)C2=CC1=O. The van der Waals surface area contributed by atoms with E-state index in [-0.39, 0.29) is 17.3 Å². The van der Waals surface area contributed by atoms with Gasteiger partial charge in [-0.1, -0.05) is 32.0 Å². The van der Waals surface area contributed by atoms with Crippen molar-refractivity contribution in [1.82, 2.24) is 4.98 Å². The summed E-state index contributed by atoms with van der Waals surface area (Å²) in [6.45, 7) is 7.77. The zero-order chi connectivity index (χ0) is 22.7. The Kier molecular flexibility index (Phi) is 3.96. The summed E-state index contributed by atoms with van der Waals surface area (Å²) in [5.74, 6) is 0.214. The molecule has 32 heavy (non-hydrogen) atoms. The van der Waals surface area contributed by atoms with Gasteiger partial charge < -0.3 is 19.9 Å². The maximum atomic E-state index is 13.0. The van der Waals surface area contributed by atoms with E-state index in [4.69, 9.17) is 4.74 Å². The number of aromatic amines is 1. The summed E-state index contributed by atoms with van der Waals surface area (Å²) >= 11 is 0. The Morgan fingerprint density at radius 1 is 1.16 bits per heavy atom. The Morgan fingerprint density at radius 2 is 1.91 bits per heavy atom. The zero-order valence-corrected chi connectivity index (χ0v) is 19.4. The highest BCUT2D eigenvalue weighted by Gasteiger charge is 2.70. The van der Waals surface area contributed by atoms with Crippen molar-refractivity contribution < 1.29 is 19.7 Å². The van der Waals surface area contributed by atoms with E-state index < -0.39 is 22.7 Å². The van der Waals surface area contributed by atoms with Crippen molar-refractivity contribution in [3.05, 3.63) is 47.2 Å². The van der Waals surface area contributed by atoms with E-state index in [0.717, 1.165) is 36.8 Å². The normalized spacial score (nSPS) is 41.0. The number of para-hydroxylation sites is 1. The van der Waals surface area contributed by atoms with E-state index in [2.05, 4.69) is 43.1 Å². The maximum absolute atomic E-state index is 13.0. The molecule has 0 bridgehead atoms. The molecular weight excluding hydrogens is 402 g/mol. The molecule has 6 rings (SSSR count). The van der Waals surface area contributed by atoms with E-state index in [1.807, 2.05) is 0 Å². The van der Waals surface area contributed by atoms with Gasteiger partial charge in [0.25, 0.3) is 0 Å². The first kappa shape index (κ1) is 20.6. The summed E-state index contributed by atoms with van der Waals surface area (Å²) in [5, 5.41) is 24.1. The Balaban J connectivity index is 1.50. The van der Waals surface area contributed by atoms with E-state index in [0.29, 0.717) is 12.3 Å². The third-order valence-corrected chi connectivity index (χ3v) is 9.74. The molecule has 2 fully saturated rings. The summed E-state index contributed by atoms with van der Waals surface area (Å²) < 4.78 is 6.15. The highest BCUT2D eigenvalue weighted by atomic mass is 16.5. The van der Waals surface area contributed by atoms with Crippen molar-refractivity contribution in [3.8, 4) is 0 Å². The van der Waals surface area contributed by atoms with Crippen molar-refractivity contribution in [3.63, 3.8) is 0 Å². The number of rotatable bonds is 1. The molecule has 3 aliphatic carbocycles. The molecule has 0 spiro atoms. The lowest BCUT2D eigenvalue weighted by atomic mass is 9.42. The van der Waals surface area contributed by atoms with Gasteiger partial charge in [0, 0.05) is 27.4 Å². The molecule has 170 valence electrons. The van der Waals surface area contributed by atoms with Crippen LogP contribution in [0.15, 0.2) is 35.9 Å². The minimum absolute atomic E-state index is 0.226. The van der Waals surface area contributed by atoms with E-state index >= 15 is 0 Å².